The number of hydrogen-bond acceptors (Lipinski definition) is 2. The van der Waals surface area contributed by atoms with Gasteiger partial charge in [0.1, 0.15) is 24.0 Å². The van der Waals surface area contributed by atoms with Crippen LogP contribution < -0.4 is 4.74 Å². The maximum atomic E-state index is 12.6. The van der Waals surface area contributed by atoms with E-state index in [0.29, 0.717) is 0 Å². The van der Waals surface area contributed by atoms with Crippen molar-refractivity contribution in [3.8, 4) is 5.75 Å². The highest BCUT2D eigenvalue weighted by Gasteiger charge is 2.02. The van der Waals surface area contributed by atoms with E-state index < -0.39 is 17.7 Å². The molecule has 0 heterocycles. The van der Waals surface area contributed by atoms with E-state index in [2.05, 4.69) is 0 Å². The number of aliphatic hydroxyl groups is 1. The Labute approximate surface area is 74.8 Å². The number of ether oxygens (including phenoxy) is 1. The van der Waals surface area contributed by atoms with Crippen LogP contribution in [0.15, 0.2) is 18.2 Å². The Balaban J connectivity index is 2.66. The average Bonchev–Trinajstić information content (AvgIpc) is 1.99. The number of benzene rings is 1. The summed E-state index contributed by atoms with van der Waals surface area (Å²) in [5.41, 5.74) is 0. The van der Waals surface area contributed by atoms with Crippen molar-refractivity contribution in [2.75, 3.05) is 6.61 Å². The summed E-state index contributed by atoms with van der Waals surface area (Å²) in [5, 5.41) is 8.84. The number of halogens is 2. The lowest BCUT2D eigenvalue weighted by Crippen LogP contribution is -2.12. The predicted octanol–water partition coefficient (Wildman–Crippen LogP) is 1.72. The van der Waals surface area contributed by atoms with Crippen molar-refractivity contribution < 1.29 is 18.6 Å². The van der Waals surface area contributed by atoms with Gasteiger partial charge in [-0.05, 0) is 6.92 Å². The molecule has 0 fully saturated rings. The first-order valence-corrected chi connectivity index (χ1v) is 3.85. The molecule has 2 nitrogen and oxygen atoms in total. The fourth-order valence-electron chi connectivity index (χ4n) is 0.829. The normalized spacial score (nSPS) is 12.6. The molecule has 0 radical (unpaired) electrons. The second kappa shape index (κ2) is 4.18. The van der Waals surface area contributed by atoms with E-state index in [9.17, 15) is 8.78 Å². The lowest BCUT2D eigenvalue weighted by Gasteiger charge is -2.07. The summed E-state index contributed by atoms with van der Waals surface area (Å²) >= 11 is 0. The van der Waals surface area contributed by atoms with E-state index in [-0.39, 0.29) is 12.4 Å². The fourth-order valence-corrected chi connectivity index (χ4v) is 0.829. The Morgan fingerprint density at radius 3 is 2.31 bits per heavy atom. The van der Waals surface area contributed by atoms with Crippen molar-refractivity contribution >= 4 is 0 Å². The molecule has 0 amide bonds. The molecule has 0 spiro atoms. The lowest BCUT2D eigenvalue weighted by molar-refractivity contribution is 0.122. The van der Waals surface area contributed by atoms with E-state index in [0.717, 1.165) is 18.2 Å². The molecule has 0 bridgehead atoms. The molecular weight excluding hydrogens is 178 g/mol. The molecular formula is C9H10F2O2. The minimum Gasteiger partial charge on any atom is -0.491 e. The van der Waals surface area contributed by atoms with Crippen molar-refractivity contribution in [1.29, 1.82) is 0 Å². The van der Waals surface area contributed by atoms with Crippen LogP contribution in [0.4, 0.5) is 8.78 Å². The summed E-state index contributed by atoms with van der Waals surface area (Å²) in [6.07, 6.45) is -0.661. The summed E-state index contributed by atoms with van der Waals surface area (Å²) in [6.45, 7) is 1.54. The van der Waals surface area contributed by atoms with Gasteiger partial charge in [0.25, 0.3) is 0 Å². The lowest BCUT2D eigenvalue weighted by atomic mass is 10.3. The summed E-state index contributed by atoms with van der Waals surface area (Å²) in [4.78, 5) is 0. The average molecular weight is 188 g/mol. The fraction of sp³-hybridized carbons (Fsp3) is 0.333. The van der Waals surface area contributed by atoms with Gasteiger partial charge >= 0.3 is 0 Å². The van der Waals surface area contributed by atoms with Crippen LogP contribution in [-0.2, 0) is 0 Å². The summed E-state index contributed by atoms with van der Waals surface area (Å²) in [6, 6.07) is 2.88. The van der Waals surface area contributed by atoms with E-state index in [1.165, 1.54) is 6.92 Å². The maximum absolute atomic E-state index is 12.6. The summed E-state index contributed by atoms with van der Waals surface area (Å²) in [5.74, 6) is -1.31. The number of aliphatic hydroxyl groups excluding tert-OH is 1. The molecule has 1 aromatic rings. The van der Waals surface area contributed by atoms with E-state index >= 15 is 0 Å². The Bertz CT molecular complexity index is 267. The van der Waals surface area contributed by atoms with Gasteiger partial charge in [-0.1, -0.05) is 0 Å². The van der Waals surface area contributed by atoms with Crippen molar-refractivity contribution in [3.05, 3.63) is 29.8 Å². The highest BCUT2D eigenvalue weighted by molar-refractivity contribution is 5.23. The van der Waals surface area contributed by atoms with Crippen molar-refractivity contribution in [2.24, 2.45) is 0 Å². The SMILES string of the molecule is C[C@H](O)COc1cc(F)cc(F)c1. The standard InChI is InChI=1S/C9H10F2O2/c1-6(12)5-13-9-3-7(10)2-8(11)4-9/h2-4,6,12H,5H2,1H3/t6-/m0/s1. The van der Waals surface area contributed by atoms with Crippen molar-refractivity contribution in [2.45, 2.75) is 13.0 Å². The van der Waals surface area contributed by atoms with E-state index in [1.807, 2.05) is 0 Å². The third-order valence-corrected chi connectivity index (χ3v) is 1.33. The largest absolute Gasteiger partial charge is 0.491 e. The molecule has 0 aliphatic heterocycles. The first-order chi connectivity index (χ1) is 6.08. The van der Waals surface area contributed by atoms with Crippen LogP contribution >= 0.6 is 0 Å². The molecule has 0 aliphatic rings. The molecule has 0 aromatic heterocycles. The molecule has 1 atom stereocenters. The van der Waals surface area contributed by atoms with Crippen LogP contribution in [0.1, 0.15) is 6.92 Å². The second-order valence-corrected chi connectivity index (χ2v) is 2.77. The van der Waals surface area contributed by atoms with Gasteiger partial charge in [0.05, 0.1) is 6.10 Å². The zero-order valence-corrected chi connectivity index (χ0v) is 7.13. The zero-order chi connectivity index (χ0) is 9.84. The zero-order valence-electron chi connectivity index (χ0n) is 7.13. The molecule has 13 heavy (non-hydrogen) atoms. The van der Waals surface area contributed by atoms with Gasteiger partial charge in [-0.2, -0.15) is 0 Å². The molecule has 0 saturated carbocycles. The Morgan fingerprint density at radius 1 is 1.31 bits per heavy atom. The molecule has 1 aromatic carbocycles. The predicted molar refractivity (Wildman–Crippen MR) is 43.5 cm³/mol. The van der Waals surface area contributed by atoms with E-state index in [1.54, 1.807) is 0 Å². The Morgan fingerprint density at radius 2 is 1.85 bits per heavy atom. The first kappa shape index (κ1) is 9.92. The van der Waals surface area contributed by atoms with Gasteiger partial charge in [-0.15, -0.1) is 0 Å². The van der Waals surface area contributed by atoms with Gasteiger partial charge < -0.3 is 9.84 Å². The maximum Gasteiger partial charge on any atom is 0.129 e. The highest BCUT2D eigenvalue weighted by Crippen LogP contribution is 2.15. The molecule has 0 saturated heterocycles. The molecule has 0 unspecified atom stereocenters. The minimum atomic E-state index is -0.694. The van der Waals surface area contributed by atoms with Gasteiger partial charge in [-0.3, -0.25) is 0 Å². The van der Waals surface area contributed by atoms with Crippen LogP contribution in [0.25, 0.3) is 0 Å². The monoisotopic (exact) mass is 188 g/mol. The van der Waals surface area contributed by atoms with Crippen LogP contribution in [0, 0.1) is 11.6 Å². The van der Waals surface area contributed by atoms with E-state index in [4.69, 9.17) is 9.84 Å². The van der Waals surface area contributed by atoms with Gasteiger partial charge in [0.2, 0.25) is 0 Å². The quantitative estimate of drug-likeness (QED) is 0.782. The van der Waals surface area contributed by atoms with Crippen LogP contribution in [0.3, 0.4) is 0 Å². The Kier molecular flexibility index (Phi) is 3.19. The highest BCUT2D eigenvalue weighted by atomic mass is 19.1. The first-order valence-electron chi connectivity index (χ1n) is 3.85. The number of hydrogen-bond donors (Lipinski definition) is 1. The smallest absolute Gasteiger partial charge is 0.129 e. The van der Waals surface area contributed by atoms with Gasteiger partial charge in [0.15, 0.2) is 0 Å². The molecule has 1 rings (SSSR count). The van der Waals surface area contributed by atoms with Crippen molar-refractivity contribution in [1.82, 2.24) is 0 Å². The number of rotatable bonds is 3. The summed E-state index contributed by atoms with van der Waals surface area (Å²) in [7, 11) is 0. The van der Waals surface area contributed by atoms with Crippen molar-refractivity contribution in [3.63, 3.8) is 0 Å². The van der Waals surface area contributed by atoms with Crippen LogP contribution in [-0.4, -0.2) is 17.8 Å². The minimum absolute atomic E-state index is 0.0168. The molecule has 1 N–H and O–H groups in total. The van der Waals surface area contributed by atoms with Gasteiger partial charge in [0, 0.05) is 18.2 Å². The second-order valence-electron chi connectivity index (χ2n) is 2.77. The molecule has 0 aliphatic carbocycles. The summed E-state index contributed by atoms with van der Waals surface area (Å²) < 4.78 is 30.0. The molecule has 4 heteroatoms. The molecule has 72 valence electrons. The van der Waals surface area contributed by atoms with Crippen LogP contribution in [0.5, 0.6) is 5.75 Å². The third kappa shape index (κ3) is 3.38. The Hall–Kier alpha value is -1.16. The topological polar surface area (TPSA) is 29.5 Å². The van der Waals surface area contributed by atoms with Crippen LogP contribution in [0.2, 0.25) is 0 Å². The van der Waals surface area contributed by atoms with Gasteiger partial charge in [-0.25, -0.2) is 8.78 Å². The third-order valence-electron chi connectivity index (χ3n) is 1.33.